The highest BCUT2D eigenvalue weighted by Gasteiger charge is 2.26. The Labute approximate surface area is 166 Å². The van der Waals surface area contributed by atoms with Crippen LogP contribution in [0.3, 0.4) is 0 Å². The minimum absolute atomic E-state index is 0.0474. The van der Waals surface area contributed by atoms with E-state index < -0.39 is 5.97 Å². The smallest absolute Gasteiger partial charge is 0.344 e. The highest BCUT2D eigenvalue weighted by atomic mass is 16.5. The fraction of sp³-hybridized carbons (Fsp3) is 0.0909. The van der Waals surface area contributed by atoms with Crippen molar-refractivity contribution in [2.24, 2.45) is 0 Å². The molecule has 2 aromatic heterocycles. The Balaban J connectivity index is 2.05. The summed E-state index contributed by atoms with van der Waals surface area (Å²) in [4.78, 5) is 33.8. The van der Waals surface area contributed by atoms with E-state index in [0.717, 1.165) is 0 Å². The van der Waals surface area contributed by atoms with Crippen molar-refractivity contribution in [3.63, 3.8) is 0 Å². The van der Waals surface area contributed by atoms with E-state index in [-0.39, 0.29) is 23.8 Å². The third-order valence-electron chi connectivity index (χ3n) is 4.55. The monoisotopic (exact) mass is 386 g/mol. The zero-order valence-electron chi connectivity index (χ0n) is 15.8. The van der Waals surface area contributed by atoms with Crippen molar-refractivity contribution in [3.05, 3.63) is 72.3 Å². The molecule has 4 aromatic rings. The maximum absolute atomic E-state index is 12.7. The number of carbonyl (C=O) groups excluding carboxylic acids is 2. The Morgan fingerprint density at radius 1 is 1.14 bits per heavy atom. The van der Waals surface area contributed by atoms with Crippen LogP contribution in [0.2, 0.25) is 0 Å². The summed E-state index contributed by atoms with van der Waals surface area (Å²) in [6.45, 7) is 5.09. The minimum atomic E-state index is -0.613. The number of nitrogen functional groups attached to an aromatic ring is 1. The van der Waals surface area contributed by atoms with E-state index in [1.807, 2.05) is 24.3 Å². The summed E-state index contributed by atoms with van der Waals surface area (Å²) in [6.07, 6.45) is 1.48. The summed E-state index contributed by atoms with van der Waals surface area (Å²) in [5.41, 5.74) is 9.68. The van der Waals surface area contributed by atoms with Crippen LogP contribution in [0.25, 0.3) is 27.9 Å². The van der Waals surface area contributed by atoms with Crippen molar-refractivity contribution >= 4 is 39.8 Å². The molecule has 7 heteroatoms. The molecule has 2 heterocycles. The summed E-state index contributed by atoms with van der Waals surface area (Å²) in [5.74, 6) is -0.549. The number of esters is 1. The molecular weight excluding hydrogens is 368 g/mol. The van der Waals surface area contributed by atoms with Gasteiger partial charge in [0.05, 0.1) is 11.0 Å². The lowest BCUT2D eigenvalue weighted by Gasteiger charge is -2.09. The third kappa shape index (κ3) is 3.12. The summed E-state index contributed by atoms with van der Waals surface area (Å²) < 4.78 is 6.83. The molecule has 0 aliphatic rings. The third-order valence-corrected chi connectivity index (χ3v) is 4.55. The fourth-order valence-electron chi connectivity index (χ4n) is 3.19. The quantitative estimate of drug-likeness (QED) is 0.319. The zero-order valence-corrected chi connectivity index (χ0v) is 15.8. The number of ketones is 1. The lowest BCUT2D eigenvalue weighted by Crippen LogP contribution is -2.09. The van der Waals surface area contributed by atoms with Crippen LogP contribution >= 0.6 is 0 Å². The first-order valence-corrected chi connectivity index (χ1v) is 8.97. The number of aromatic nitrogens is 3. The molecule has 0 atom stereocenters. The van der Waals surface area contributed by atoms with Crippen LogP contribution in [0.15, 0.2) is 61.2 Å². The van der Waals surface area contributed by atoms with Gasteiger partial charge in [-0.05, 0) is 31.2 Å². The molecule has 0 aliphatic heterocycles. The molecule has 0 amide bonds. The Morgan fingerprint density at radius 2 is 1.86 bits per heavy atom. The second-order valence-corrected chi connectivity index (χ2v) is 6.47. The topological polar surface area (TPSA) is 100 Å². The molecule has 2 aromatic carbocycles. The van der Waals surface area contributed by atoms with E-state index in [0.29, 0.717) is 33.4 Å². The van der Waals surface area contributed by atoms with Gasteiger partial charge in [0.25, 0.3) is 0 Å². The molecule has 144 valence electrons. The van der Waals surface area contributed by atoms with Gasteiger partial charge in [0.2, 0.25) is 0 Å². The van der Waals surface area contributed by atoms with Gasteiger partial charge in [0, 0.05) is 11.3 Å². The van der Waals surface area contributed by atoms with Gasteiger partial charge >= 0.3 is 5.97 Å². The number of hydrogen-bond acceptors (Lipinski definition) is 6. The number of rotatable bonds is 5. The number of ether oxygens (including phenoxy) is 1. The Morgan fingerprint density at radius 3 is 2.55 bits per heavy atom. The normalized spacial score (nSPS) is 10.9. The first-order chi connectivity index (χ1) is 14.0. The Kier molecular flexibility index (Phi) is 4.56. The van der Waals surface area contributed by atoms with Gasteiger partial charge in [-0.15, -0.1) is 0 Å². The standard InChI is InChI=1S/C22H18N4O3/c1-3-11-29-22(28)18-19-21(25-17-10-5-4-9-16(17)24-19)26(20(18)23)15-8-6-7-14(12-15)13(2)27/h3-10,12H,1,11,23H2,2H3. The molecule has 0 saturated heterocycles. The molecular formula is C22H18N4O3. The molecule has 4 rings (SSSR count). The molecule has 29 heavy (non-hydrogen) atoms. The van der Waals surface area contributed by atoms with Gasteiger partial charge in [-0.25, -0.2) is 14.8 Å². The number of para-hydroxylation sites is 2. The van der Waals surface area contributed by atoms with Gasteiger partial charge in [-0.1, -0.05) is 36.9 Å². The van der Waals surface area contributed by atoms with E-state index >= 15 is 0 Å². The van der Waals surface area contributed by atoms with Crippen molar-refractivity contribution in [1.82, 2.24) is 14.5 Å². The van der Waals surface area contributed by atoms with Gasteiger partial charge in [-0.3, -0.25) is 9.36 Å². The first-order valence-electron chi connectivity index (χ1n) is 8.97. The van der Waals surface area contributed by atoms with Gasteiger partial charge in [0.15, 0.2) is 11.4 Å². The maximum Gasteiger partial charge on any atom is 0.344 e. The predicted molar refractivity (Wildman–Crippen MR) is 111 cm³/mol. The van der Waals surface area contributed by atoms with Crippen LogP contribution in [-0.2, 0) is 4.74 Å². The molecule has 0 radical (unpaired) electrons. The largest absolute Gasteiger partial charge is 0.458 e. The predicted octanol–water partition coefficient (Wildman–Crippen LogP) is 3.70. The Bertz CT molecular complexity index is 1290. The van der Waals surface area contributed by atoms with Crippen molar-refractivity contribution in [2.75, 3.05) is 12.3 Å². The van der Waals surface area contributed by atoms with Crippen molar-refractivity contribution < 1.29 is 14.3 Å². The summed E-state index contributed by atoms with van der Waals surface area (Å²) >= 11 is 0. The molecule has 7 nitrogen and oxygen atoms in total. The van der Waals surface area contributed by atoms with E-state index in [1.54, 1.807) is 28.8 Å². The highest BCUT2D eigenvalue weighted by Crippen LogP contribution is 2.31. The van der Waals surface area contributed by atoms with E-state index in [2.05, 4.69) is 16.5 Å². The van der Waals surface area contributed by atoms with Crippen LogP contribution in [0.4, 0.5) is 5.82 Å². The molecule has 0 aliphatic carbocycles. The average molecular weight is 386 g/mol. The Hall–Kier alpha value is -4.00. The van der Waals surface area contributed by atoms with E-state index in [9.17, 15) is 9.59 Å². The number of benzene rings is 2. The summed E-state index contributed by atoms with van der Waals surface area (Å²) in [6, 6.07) is 14.3. The molecule has 2 N–H and O–H groups in total. The number of fused-ring (bicyclic) bond motifs is 2. The van der Waals surface area contributed by atoms with Crippen molar-refractivity contribution in [3.8, 4) is 5.69 Å². The zero-order chi connectivity index (χ0) is 20.5. The number of carbonyl (C=O) groups is 2. The van der Waals surface area contributed by atoms with Crippen LogP contribution in [-0.4, -0.2) is 32.9 Å². The minimum Gasteiger partial charge on any atom is -0.458 e. The second kappa shape index (κ2) is 7.20. The highest BCUT2D eigenvalue weighted by molar-refractivity contribution is 6.09. The number of Topliss-reactive ketones (excluding diaryl/α,β-unsaturated/α-hetero) is 1. The average Bonchev–Trinajstić information content (AvgIpc) is 3.01. The van der Waals surface area contributed by atoms with Gasteiger partial charge in [-0.2, -0.15) is 0 Å². The lowest BCUT2D eigenvalue weighted by atomic mass is 10.1. The molecule has 0 saturated carbocycles. The number of hydrogen-bond donors (Lipinski definition) is 1. The van der Waals surface area contributed by atoms with Gasteiger partial charge < -0.3 is 10.5 Å². The fourth-order valence-corrected chi connectivity index (χ4v) is 3.19. The van der Waals surface area contributed by atoms with Gasteiger partial charge in [0.1, 0.15) is 23.5 Å². The number of anilines is 1. The van der Waals surface area contributed by atoms with Crippen LogP contribution in [0.1, 0.15) is 27.6 Å². The maximum atomic E-state index is 12.7. The number of nitrogens with zero attached hydrogens (tertiary/aromatic N) is 3. The second-order valence-electron chi connectivity index (χ2n) is 6.47. The van der Waals surface area contributed by atoms with Crippen molar-refractivity contribution in [1.29, 1.82) is 0 Å². The summed E-state index contributed by atoms with van der Waals surface area (Å²) in [5, 5.41) is 0. The summed E-state index contributed by atoms with van der Waals surface area (Å²) in [7, 11) is 0. The number of nitrogens with two attached hydrogens (primary N) is 1. The SMILES string of the molecule is C=CCOC(=O)c1c(N)n(-c2cccc(C(C)=O)c2)c2nc3ccccc3nc12. The van der Waals surface area contributed by atoms with Crippen LogP contribution in [0, 0.1) is 0 Å². The van der Waals surface area contributed by atoms with Crippen LogP contribution in [0.5, 0.6) is 0 Å². The molecule has 0 bridgehead atoms. The van der Waals surface area contributed by atoms with E-state index in [4.69, 9.17) is 10.5 Å². The molecule has 0 fully saturated rings. The first kappa shape index (κ1) is 18.4. The molecule has 0 spiro atoms. The van der Waals surface area contributed by atoms with Crippen LogP contribution < -0.4 is 5.73 Å². The van der Waals surface area contributed by atoms with Crippen molar-refractivity contribution in [2.45, 2.75) is 6.92 Å². The lowest BCUT2D eigenvalue weighted by molar-refractivity contribution is 0.0553. The van der Waals surface area contributed by atoms with E-state index in [1.165, 1.54) is 13.0 Å². The molecule has 0 unspecified atom stereocenters.